The van der Waals surface area contributed by atoms with E-state index in [9.17, 15) is 23.3 Å². The molecule has 0 radical (unpaired) electrons. The minimum Gasteiger partial charge on any atom is -0.472 e. The number of nitro groups is 1. The van der Waals surface area contributed by atoms with Gasteiger partial charge in [0.1, 0.15) is 5.69 Å². The van der Waals surface area contributed by atoms with Gasteiger partial charge < -0.3 is 9.16 Å². The topological polar surface area (TPSA) is 92.3 Å². The quantitative estimate of drug-likeness (QED) is 0.230. The summed E-state index contributed by atoms with van der Waals surface area (Å²) in [5, 5.41) is 15.5. The molecule has 2 heterocycles. The smallest absolute Gasteiger partial charge is 0.435 e. The molecular formula is C19H27F3N4O4Si. The highest BCUT2D eigenvalue weighted by molar-refractivity contribution is 6.74. The van der Waals surface area contributed by atoms with Crippen LogP contribution in [0.2, 0.25) is 18.1 Å². The highest BCUT2D eigenvalue weighted by Gasteiger charge is 2.38. The van der Waals surface area contributed by atoms with E-state index in [1.165, 1.54) is 13.0 Å². The van der Waals surface area contributed by atoms with E-state index in [1.54, 1.807) is 0 Å². The van der Waals surface area contributed by atoms with Gasteiger partial charge in [0.15, 0.2) is 14.0 Å². The molecule has 0 aromatic carbocycles. The summed E-state index contributed by atoms with van der Waals surface area (Å²) in [5.74, 6) is -0.341. The zero-order valence-electron chi connectivity index (χ0n) is 18.4. The lowest BCUT2D eigenvalue weighted by molar-refractivity contribution is -0.386. The van der Waals surface area contributed by atoms with Gasteiger partial charge in [0, 0.05) is 19.2 Å². The summed E-state index contributed by atoms with van der Waals surface area (Å²) in [6, 6.07) is 2.45. The fourth-order valence-electron chi connectivity index (χ4n) is 2.57. The highest BCUT2D eigenvalue weighted by Crippen LogP contribution is 2.37. The Bertz CT molecular complexity index is 939. The van der Waals surface area contributed by atoms with Crippen molar-refractivity contribution in [2.75, 3.05) is 13.2 Å². The molecule has 0 aliphatic carbocycles. The fourth-order valence-corrected chi connectivity index (χ4v) is 3.66. The normalized spacial score (nSPS) is 12.8. The number of hydrogen-bond acceptors (Lipinski definition) is 6. The van der Waals surface area contributed by atoms with Crippen LogP contribution in [0.1, 0.15) is 38.6 Å². The van der Waals surface area contributed by atoms with Crippen LogP contribution in [0.4, 0.5) is 18.9 Å². The van der Waals surface area contributed by atoms with Gasteiger partial charge in [-0.2, -0.15) is 13.2 Å². The first kappa shape index (κ1) is 24.8. The number of halogens is 3. The van der Waals surface area contributed by atoms with Crippen molar-refractivity contribution in [3.63, 3.8) is 0 Å². The molecule has 2 rings (SSSR count). The molecule has 0 amide bonds. The van der Waals surface area contributed by atoms with E-state index >= 15 is 0 Å². The molecule has 0 saturated carbocycles. The van der Waals surface area contributed by atoms with Gasteiger partial charge in [0.2, 0.25) is 0 Å². The van der Waals surface area contributed by atoms with E-state index in [4.69, 9.17) is 9.16 Å². The average molecular weight is 461 g/mol. The van der Waals surface area contributed by atoms with Crippen molar-refractivity contribution >= 4 is 14.0 Å². The number of nitrogens with zero attached hydrogens (tertiary/aromatic N) is 4. The molecule has 31 heavy (non-hydrogen) atoms. The van der Waals surface area contributed by atoms with Crippen LogP contribution in [0.15, 0.2) is 18.3 Å². The van der Waals surface area contributed by atoms with Gasteiger partial charge in [0.05, 0.1) is 17.2 Å². The highest BCUT2D eigenvalue weighted by atomic mass is 28.4. The second kappa shape index (κ2) is 8.95. The van der Waals surface area contributed by atoms with Crippen molar-refractivity contribution in [3.05, 3.63) is 39.8 Å². The van der Waals surface area contributed by atoms with Crippen LogP contribution in [0.5, 0.6) is 5.88 Å². The second-order valence-electron chi connectivity index (χ2n) is 8.59. The first-order valence-corrected chi connectivity index (χ1v) is 12.6. The van der Waals surface area contributed by atoms with Gasteiger partial charge in [0.25, 0.3) is 0 Å². The Morgan fingerprint density at radius 2 is 1.87 bits per heavy atom. The van der Waals surface area contributed by atoms with Gasteiger partial charge in [-0.3, -0.25) is 10.1 Å². The summed E-state index contributed by atoms with van der Waals surface area (Å²) in [7, 11) is -1.93. The minimum atomic E-state index is -4.74. The molecule has 0 atom stereocenters. The van der Waals surface area contributed by atoms with Crippen molar-refractivity contribution in [1.82, 2.24) is 14.8 Å². The Morgan fingerprint density at radius 3 is 2.42 bits per heavy atom. The predicted octanol–water partition coefficient (Wildman–Crippen LogP) is 5.29. The molecular weight excluding hydrogens is 433 g/mol. The van der Waals surface area contributed by atoms with Gasteiger partial charge in [-0.1, -0.05) is 20.8 Å². The van der Waals surface area contributed by atoms with E-state index in [0.717, 1.165) is 16.9 Å². The molecule has 12 heteroatoms. The van der Waals surface area contributed by atoms with Crippen LogP contribution in [0, 0.1) is 17.0 Å². The first-order valence-electron chi connectivity index (χ1n) is 9.70. The Labute approximate surface area is 179 Å². The Morgan fingerprint density at radius 1 is 1.23 bits per heavy atom. The number of pyridine rings is 1. The Kier molecular flexibility index (Phi) is 7.16. The molecule has 0 saturated heterocycles. The maximum atomic E-state index is 13.3. The summed E-state index contributed by atoms with van der Waals surface area (Å²) in [5.41, 5.74) is -2.17. The monoisotopic (exact) mass is 460 g/mol. The third kappa shape index (κ3) is 5.61. The molecule has 0 N–H and O–H groups in total. The molecule has 2 aromatic rings. The largest absolute Gasteiger partial charge is 0.472 e. The van der Waals surface area contributed by atoms with Crippen molar-refractivity contribution in [3.8, 4) is 11.6 Å². The van der Waals surface area contributed by atoms with Crippen LogP contribution >= 0.6 is 0 Å². The Balaban J connectivity index is 2.21. The lowest BCUT2D eigenvalue weighted by Crippen LogP contribution is -2.41. The molecule has 2 aromatic heterocycles. The summed E-state index contributed by atoms with van der Waals surface area (Å²) in [4.78, 5) is 14.2. The van der Waals surface area contributed by atoms with Gasteiger partial charge in [-0.15, -0.1) is 5.10 Å². The average Bonchev–Trinajstić information content (AvgIpc) is 2.96. The minimum absolute atomic E-state index is 0.0441. The maximum Gasteiger partial charge on any atom is 0.435 e. The van der Waals surface area contributed by atoms with E-state index in [2.05, 4.69) is 43.9 Å². The predicted molar refractivity (Wildman–Crippen MR) is 111 cm³/mol. The summed E-state index contributed by atoms with van der Waals surface area (Å²) < 4.78 is 52.3. The van der Waals surface area contributed by atoms with Crippen LogP contribution in [0.25, 0.3) is 5.69 Å². The van der Waals surface area contributed by atoms with Gasteiger partial charge in [-0.25, -0.2) is 9.67 Å². The number of hydrogen-bond donors (Lipinski definition) is 0. The standard InChI is InChI=1S/C19H27F3N4O4Si/c1-13-15(26(27)28)17(29-11-8-12-30-31(5,6)18(2,3)4)24-25(13)14-9-7-10-23-16(14)19(20,21)22/h7,9-10H,8,11-12H2,1-6H3. The molecule has 0 unspecified atom stereocenters. The van der Waals surface area contributed by atoms with Crippen LogP contribution in [0.3, 0.4) is 0 Å². The maximum absolute atomic E-state index is 13.3. The van der Waals surface area contributed by atoms with Crippen molar-refractivity contribution in [1.29, 1.82) is 0 Å². The third-order valence-electron chi connectivity index (χ3n) is 5.32. The van der Waals surface area contributed by atoms with Crippen LogP contribution < -0.4 is 4.74 Å². The van der Waals surface area contributed by atoms with Gasteiger partial charge >= 0.3 is 17.7 Å². The molecule has 0 aliphatic heterocycles. The SMILES string of the molecule is Cc1c([N+](=O)[O-])c(OCCCO[Si](C)(C)C(C)(C)C)nn1-c1cccnc1C(F)(F)F. The van der Waals surface area contributed by atoms with Crippen molar-refractivity contribution in [2.24, 2.45) is 0 Å². The zero-order chi connectivity index (χ0) is 23.6. The molecule has 0 bridgehead atoms. The van der Waals surface area contributed by atoms with Gasteiger partial charge in [-0.05, 0) is 37.2 Å². The van der Waals surface area contributed by atoms with E-state index in [1.807, 2.05) is 0 Å². The molecule has 0 fully saturated rings. The van der Waals surface area contributed by atoms with Crippen molar-refractivity contribution < 1.29 is 27.3 Å². The lowest BCUT2D eigenvalue weighted by atomic mass is 10.2. The first-order chi connectivity index (χ1) is 14.2. The van der Waals surface area contributed by atoms with E-state index in [0.29, 0.717) is 13.0 Å². The van der Waals surface area contributed by atoms with Crippen molar-refractivity contribution in [2.45, 2.75) is 58.4 Å². The van der Waals surface area contributed by atoms with E-state index in [-0.39, 0.29) is 23.2 Å². The summed E-state index contributed by atoms with van der Waals surface area (Å²) in [6.07, 6.45) is -3.29. The second-order valence-corrected chi connectivity index (χ2v) is 13.4. The lowest BCUT2D eigenvalue weighted by Gasteiger charge is -2.36. The molecule has 0 spiro atoms. The van der Waals surface area contributed by atoms with Crippen LogP contribution in [-0.4, -0.2) is 41.2 Å². The fraction of sp³-hybridized carbons (Fsp3) is 0.579. The molecule has 172 valence electrons. The Hall–Kier alpha value is -2.47. The number of ether oxygens (including phenoxy) is 1. The zero-order valence-corrected chi connectivity index (χ0v) is 19.4. The number of aromatic nitrogens is 3. The third-order valence-corrected chi connectivity index (χ3v) is 9.85. The summed E-state index contributed by atoms with van der Waals surface area (Å²) in [6.45, 7) is 12.3. The number of rotatable bonds is 8. The van der Waals surface area contributed by atoms with Crippen LogP contribution in [-0.2, 0) is 10.6 Å². The molecule has 8 nitrogen and oxygen atoms in total. The van der Waals surface area contributed by atoms with E-state index < -0.39 is 36.5 Å². The summed E-state index contributed by atoms with van der Waals surface area (Å²) >= 11 is 0. The molecule has 0 aliphatic rings. The number of alkyl halides is 3.